The Morgan fingerprint density at radius 2 is 1.92 bits per heavy atom. The topological polar surface area (TPSA) is 91.9 Å². The zero-order valence-electron chi connectivity index (χ0n) is 13.1. The van der Waals surface area contributed by atoms with Crippen LogP contribution in [0.2, 0.25) is 0 Å². The van der Waals surface area contributed by atoms with Crippen LogP contribution in [0.1, 0.15) is 36.0 Å². The Labute approximate surface area is 190 Å². The number of hydrogen-bond donors (Lipinski definition) is 3. The fourth-order valence-corrected chi connectivity index (χ4v) is 5.36. The van der Waals surface area contributed by atoms with E-state index in [0.29, 0.717) is 9.49 Å². The average molecular weight is 642 g/mol. The van der Waals surface area contributed by atoms with Crippen molar-refractivity contribution in [3.8, 4) is 5.75 Å². The number of aliphatic hydroxyl groups is 1. The van der Waals surface area contributed by atoms with Crippen LogP contribution < -0.4 is 0 Å². The van der Waals surface area contributed by atoms with Crippen LogP contribution in [-0.4, -0.2) is 45.4 Å². The van der Waals surface area contributed by atoms with E-state index in [1.54, 1.807) is 6.07 Å². The third-order valence-electron chi connectivity index (χ3n) is 4.33. The van der Waals surface area contributed by atoms with E-state index in [9.17, 15) is 15.0 Å². The molecule has 0 bridgehead atoms. The first-order valence-electron chi connectivity index (χ1n) is 7.71. The maximum absolute atomic E-state index is 10.6. The van der Waals surface area contributed by atoms with Crippen LogP contribution in [0.5, 0.6) is 5.75 Å². The molecule has 1 heterocycles. The SMILES string of the molecule is O=C(O)c1cc(I)cc(I)c1O.OC1CCC(Cl)C2CCC[N-]C12.[Cu+]. The second-order valence-electron chi connectivity index (χ2n) is 5.95. The van der Waals surface area contributed by atoms with Gasteiger partial charge in [0.05, 0.1) is 3.57 Å². The van der Waals surface area contributed by atoms with Crippen LogP contribution in [0.4, 0.5) is 0 Å². The fourth-order valence-electron chi connectivity index (χ4n) is 3.12. The number of carbonyl (C=O) groups is 1. The molecule has 1 saturated heterocycles. The quantitative estimate of drug-likeness (QED) is 0.244. The standard InChI is InChI=1S/C9H15ClNO.C7H4I2O3.Cu/c10-7-3-4-8(12)9-6(7)2-1-5-11-9;8-3-1-4(7(11)12)6(10)5(9)2-3;/h6-9,12H,1-5H2;1-2,10H,(H,11,12);/q-1;;+1. The van der Waals surface area contributed by atoms with Crippen molar-refractivity contribution in [2.24, 2.45) is 5.92 Å². The van der Waals surface area contributed by atoms with E-state index in [4.69, 9.17) is 16.7 Å². The van der Waals surface area contributed by atoms with Gasteiger partial charge in [-0.2, -0.15) is 0 Å². The number of alkyl halides is 1. The van der Waals surface area contributed by atoms with Crippen molar-refractivity contribution in [3.05, 3.63) is 30.2 Å². The van der Waals surface area contributed by atoms with Crippen molar-refractivity contribution < 1.29 is 37.2 Å². The number of phenols is 1. The van der Waals surface area contributed by atoms with E-state index in [-0.39, 0.29) is 45.9 Å². The summed E-state index contributed by atoms with van der Waals surface area (Å²) >= 11 is 10.1. The number of hydrogen-bond acceptors (Lipinski definition) is 3. The molecule has 1 aliphatic carbocycles. The first kappa shape index (κ1) is 23.7. The Morgan fingerprint density at radius 1 is 1.24 bits per heavy atom. The van der Waals surface area contributed by atoms with E-state index >= 15 is 0 Å². The van der Waals surface area contributed by atoms with Gasteiger partial charge < -0.3 is 20.6 Å². The zero-order valence-corrected chi connectivity index (χ0v) is 19.1. The third kappa shape index (κ3) is 6.36. The summed E-state index contributed by atoms with van der Waals surface area (Å²) in [6.07, 6.45) is 3.87. The molecule has 0 aromatic heterocycles. The first-order chi connectivity index (χ1) is 11.3. The van der Waals surface area contributed by atoms with Crippen LogP contribution in [0.25, 0.3) is 5.32 Å². The van der Waals surface area contributed by atoms with Gasteiger partial charge in [0.2, 0.25) is 0 Å². The Kier molecular flexibility index (Phi) is 10.3. The van der Waals surface area contributed by atoms with Gasteiger partial charge in [0.25, 0.3) is 0 Å². The second-order valence-corrected chi connectivity index (χ2v) is 8.92. The fraction of sp³-hybridized carbons (Fsp3) is 0.562. The molecule has 0 amide bonds. The van der Waals surface area contributed by atoms with E-state index in [0.717, 1.165) is 35.8 Å². The number of aliphatic hydroxyl groups excluding tert-OH is 1. The maximum Gasteiger partial charge on any atom is 1.00 e. The number of nitrogens with zero attached hydrogens (tertiary/aromatic N) is 1. The molecule has 0 radical (unpaired) electrons. The molecule has 1 aromatic carbocycles. The molecule has 5 nitrogen and oxygen atoms in total. The number of aromatic carboxylic acids is 1. The summed E-state index contributed by atoms with van der Waals surface area (Å²) in [6.45, 7) is 0.918. The number of carboxylic acids is 1. The summed E-state index contributed by atoms with van der Waals surface area (Å²) in [4.78, 5) is 10.6. The Bertz CT molecular complexity index is 590. The minimum atomic E-state index is -1.11. The molecule has 2 aliphatic rings. The number of piperidine rings is 1. The number of rotatable bonds is 1. The summed E-state index contributed by atoms with van der Waals surface area (Å²) < 4.78 is 1.35. The number of aromatic hydroxyl groups is 1. The van der Waals surface area contributed by atoms with Gasteiger partial charge in [0.15, 0.2) is 0 Å². The van der Waals surface area contributed by atoms with Gasteiger partial charge in [-0.05, 0) is 76.1 Å². The van der Waals surface area contributed by atoms with Crippen LogP contribution in [0.15, 0.2) is 12.1 Å². The van der Waals surface area contributed by atoms with Crippen molar-refractivity contribution in [1.29, 1.82) is 0 Å². The molecule has 1 aromatic rings. The molecule has 2 fully saturated rings. The van der Waals surface area contributed by atoms with Crippen LogP contribution in [0.3, 0.4) is 0 Å². The molecule has 4 atom stereocenters. The molecule has 9 heteroatoms. The summed E-state index contributed by atoms with van der Waals surface area (Å²) in [5.41, 5.74) is -0.0497. The monoisotopic (exact) mass is 641 g/mol. The second kappa shape index (κ2) is 10.9. The van der Waals surface area contributed by atoms with Crippen molar-refractivity contribution in [3.63, 3.8) is 0 Å². The number of carboxylic acid groups (broad SMARTS) is 1. The van der Waals surface area contributed by atoms with Gasteiger partial charge in [-0.1, -0.05) is 12.8 Å². The third-order valence-corrected chi connectivity index (χ3v) is 6.32. The Balaban J connectivity index is 0.000000240. The molecular weight excluding hydrogens is 623 g/mol. The van der Waals surface area contributed by atoms with Crippen molar-refractivity contribution in [2.75, 3.05) is 6.54 Å². The predicted molar refractivity (Wildman–Crippen MR) is 110 cm³/mol. The minimum absolute atomic E-state index is 0. The van der Waals surface area contributed by atoms with Gasteiger partial charge in [-0.15, -0.1) is 24.2 Å². The molecule has 3 N–H and O–H groups in total. The molecule has 144 valence electrons. The molecule has 0 spiro atoms. The molecule has 1 saturated carbocycles. The molecule has 1 aliphatic heterocycles. The normalized spacial score (nSPS) is 28.0. The molecule has 4 unspecified atom stereocenters. The predicted octanol–water partition coefficient (Wildman–Crippen LogP) is 4.20. The van der Waals surface area contributed by atoms with Crippen LogP contribution >= 0.6 is 56.8 Å². The minimum Gasteiger partial charge on any atom is -0.657 e. The van der Waals surface area contributed by atoms with Gasteiger partial charge in [-0.25, -0.2) is 4.79 Å². The van der Waals surface area contributed by atoms with Crippen molar-refractivity contribution in [2.45, 2.75) is 43.2 Å². The smallest absolute Gasteiger partial charge is 0.657 e. The van der Waals surface area contributed by atoms with Crippen molar-refractivity contribution >= 4 is 62.8 Å². The molecular formula is C16H19ClCuI2NO4. The van der Waals surface area contributed by atoms with E-state index in [2.05, 4.69) is 5.32 Å². The number of benzene rings is 1. The zero-order chi connectivity index (χ0) is 17.9. The largest absolute Gasteiger partial charge is 1.00 e. The van der Waals surface area contributed by atoms with Crippen LogP contribution in [0, 0.1) is 13.1 Å². The average Bonchev–Trinajstić information content (AvgIpc) is 2.55. The summed E-state index contributed by atoms with van der Waals surface area (Å²) in [6, 6.07) is 3.29. The summed E-state index contributed by atoms with van der Waals surface area (Å²) in [7, 11) is 0. The van der Waals surface area contributed by atoms with E-state index in [1.165, 1.54) is 6.07 Å². The summed E-state index contributed by atoms with van der Waals surface area (Å²) in [5, 5.41) is 32.3. The van der Waals surface area contributed by atoms with E-state index < -0.39 is 5.97 Å². The Morgan fingerprint density at radius 3 is 2.52 bits per heavy atom. The van der Waals surface area contributed by atoms with Crippen LogP contribution in [-0.2, 0) is 17.1 Å². The van der Waals surface area contributed by atoms with Crippen molar-refractivity contribution in [1.82, 2.24) is 0 Å². The van der Waals surface area contributed by atoms with Gasteiger partial charge in [0, 0.05) is 15.1 Å². The van der Waals surface area contributed by atoms with Gasteiger partial charge in [0.1, 0.15) is 11.3 Å². The van der Waals surface area contributed by atoms with Gasteiger partial charge in [-0.3, -0.25) is 0 Å². The first-order valence-corrected chi connectivity index (χ1v) is 10.3. The maximum atomic E-state index is 10.6. The van der Waals surface area contributed by atoms with E-state index in [1.807, 2.05) is 45.2 Å². The number of fused-ring (bicyclic) bond motifs is 1. The number of halogens is 3. The molecule has 25 heavy (non-hydrogen) atoms. The Hall–Kier alpha value is 0.679. The van der Waals surface area contributed by atoms with Gasteiger partial charge >= 0.3 is 23.0 Å². The molecule has 3 rings (SSSR count). The summed E-state index contributed by atoms with van der Waals surface area (Å²) in [5.74, 6) is -0.823.